The largest absolute Gasteiger partial charge is 0.465 e. The van der Waals surface area contributed by atoms with Gasteiger partial charge in [-0.05, 0) is 94.3 Å². The molecule has 3 aliphatic carbocycles. The molecule has 0 bridgehead atoms. The molecule has 0 heterocycles. The van der Waals surface area contributed by atoms with Crippen molar-refractivity contribution in [1.82, 2.24) is 0 Å². The van der Waals surface area contributed by atoms with Gasteiger partial charge >= 0.3 is 5.97 Å². The first kappa shape index (κ1) is 24.8. The van der Waals surface area contributed by atoms with E-state index in [1.54, 1.807) is 0 Å². The topological polar surface area (TPSA) is 43.4 Å². The van der Waals surface area contributed by atoms with Crippen LogP contribution >= 0.6 is 0 Å². The van der Waals surface area contributed by atoms with E-state index in [9.17, 15) is 9.59 Å². The standard InChI is InChI=1S/C28H48O3/c1-4-6-7-19-31-27(30)28(3)18-17-25(20-26(28)29)24-15-13-23(14-16-24)22-11-9-21(8-5-2)10-12-22/h21-25H,4-20H2,1-3H3/t21?,22?,23?,24?,25-,28+/m1/s1. The molecule has 0 aromatic heterocycles. The number of hydrogen-bond donors (Lipinski definition) is 0. The number of esters is 1. The number of ether oxygens (including phenoxy) is 1. The fourth-order valence-corrected chi connectivity index (χ4v) is 6.92. The first-order valence-electron chi connectivity index (χ1n) is 13.7. The highest BCUT2D eigenvalue weighted by molar-refractivity contribution is 6.04. The van der Waals surface area contributed by atoms with E-state index in [0.29, 0.717) is 31.3 Å². The minimum absolute atomic E-state index is 0.139. The fraction of sp³-hybridized carbons (Fsp3) is 0.929. The van der Waals surface area contributed by atoms with Crippen molar-refractivity contribution in [3.8, 4) is 0 Å². The molecule has 178 valence electrons. The van der Waals surface area contributed by atoms with Crippen molar-refractivity contribution in [3.05, 3.63) is 0 Å². The Balaban J connectivity index is 1.41. The Labute approximate surface area is 191 Å². The third-order valence-electron chi connectivity index (χ3n) is 9.25. The molecule has 0 saturated heterocycles. The van der Waals surface area contributed by atoms with Crippen molar-refractivity contribution in [1.29, 1.82) is 0 Å². The predicted octanol–water partition coefficient (Wildman–Crippen LogP) is 7.51. The van der Waals surface area contributed by atoms with E-state index in [2.05, 4.69) is 13.8 Å². The zero-order valence-corrected chi connectivity index (χ0v) is 20.6. The number of Topliss-reactive ketones (excluding diaryl/α,β-unsaturated/α-hetero) is 1. The van der Waals surface area contributed by atoms with Crippen molar-refractivity contribution in [2.75, 3.05) is 6.61 Å². The molecule has 3 aliphatic rings. The number of rotatable bonds is 9. The lowest BCUT2D eigenvalue weighted by Crippen LogP contribution is -2.44. The summed E-state index contributed by atoms with van der Waals surface area (Å²) in [5.41, 5.74) is -0.892. The molecule has 0 aromatic rings. The summed E-state index contributed by atoms with van der Waals surface area (Å²) in [5, 5.41) is 0. The highest BCUT2D eigenvalue weighted by Crippen LogP contribution is 2.47. The first-order valence-corrected chi connectivity index (χ1v) is 13.7. The van der Waals surface area contributed by atoms with E-state index in [-0.39, 0.29) is 11.8 Å². The van der Waals surface area contributed by atoms with Crippen molar-refractivity contribution >= 4 is 11.8 Å². The third-order valence-corrected chi connectivity index (χ3v) is 9.25. The number of carbonyl (C=O) groups excluding carboxylic acids is 2. The van der Waals surface area contributed by atoms with Crippen LogP contribution in [0, 0.1) is 35.0 Å². The zero-order valence-electron chi connectivity index (χ0n) is 20.6. The predicted molar refractivity (Wildman–Crippen MR) is 127 cm³/mol. The molecule has 3 fully saturated rings. The second-order valence-corrected chi connectivity index (χ2v) is 11.3. The fourth-order valence-electron chi connectivity index (χ4n) is 6.92. The van der Waals surface area contributed by atoms with E-state index in [4.69, 9.17) is 4.74 Å². The van der Waals surface area contributed by atoms with Gasteiger partial charge in [0.1, 0.15) is 11.2 Å². The summed E-state index contributed by atoms with van der Waals surface area (Å²) in [7, 11) is 0. The van der Waals surface area contributed by atoms with E-state index in [1.165, 1.54) is 64.2 Å². The first-order chi connectivity index (χ1) is 15.0. The highest BCUT2D eigenvalue weighted by atomic mass is 16.5. The van der Waals surface area contributed by atoms with Gasteiger partial charge in [-0.1, -0.05) is 52.4 Å². The van der Waals surface area contributed by atoms with Crippen molar-refractivity contribution in [2.45, 2.75) is 124 Å². The molecule has 0 radical (unpaired) electrons. The molecular formula is C28H48O3. The van der Waals surface area contributed by atoms with Crippen molar-refractivity contribution < 1.29 is 14.3 Å². The number of ketones is 1. The summed E-state index contributed by atoms with van der Waals surface area (Å²) < 4.78 is 5.48. The molecule has 3 nitrogen and oxygen atoms in total. The molecule has 31 heavy (non-hydrogen) atoms. The quantitative estimate of drug-likeness (QED) is 0.215. The number of carbonyl (C=O) groups is 2. The number of unbranched alkanes of at least 4 members (excludes halogenated alkanes) is 2. The molecule has 0 aliphatic heterocycles. The average Bonchev–Trinajstić information content (AvgIpc) is 2.79. The second-order valence-electron chi connectivity index (χ2n) is 11.3. The van der Waals surface area contributed by atoms with Crippen LogP contribution in [0.4, 0.5) is 0 Å². The van der Waals surface area contributed by atoms with Gasteiger partial charge in [0.2, 0.25) is 0 Å². The second kappa shape index (κ2) is 11.8. The van der Waals surface area contributed by atoms with Gasteiger partial charge in [-0.15, -0.1) is 0 Å². The van der Waals surface area contributed by atoms with Gasteiger partial charge < -0.3 is 4.74 Å². The lowest BCUT2D eigenvalue weighted by molar-refractivity contribution is -0.162. The molecule has 0 aromatic carbocycles. The summed E-state index contributed by atoms with van der Waals surface area (Å²) in [6.07, 6.45) is 19.3. The van der Waals surface area contributed by atoms with Crippen LogP contribution in [-0.2, 0) is 14.3 Å². The summed E-state index contributed by atoms with van der Waals surface area (Å²) in [6.45, 7) is 6.75. The van der Waals surface area contributed by atoms with Crippen LogP contribution in [0.15, 0.2) is 0 Å². The van der Waals surface area contributed by atoms with E-state index >= 15 is 0 Å². The van der Waals surface area contributed by atoms with Gasteiger partial charge in [0.15, 0.2) is 0 Å². The smallest absolute Gasteiger partial charge is 0.319 e. The summed E-state index contributed by atoms with van der Waals surface area (Å²) >= 11 is 0. The van der Waals surface area contributed by atoms with Gasteiger partial charge in [0.05, 0.1) is 6.61 Å². The summed E-state index contributed by atoms with van der Waals surface area (Å²) in [6, 6.07) is 0. The Morgan fingerprint density at radius 3 is 1.97 bits per heavy atom. The molecule has 2 atom stereocenters. The van der Waals surface area contributed by atoms with Gasteiger partial charge in [-0.2, -0.15) is 0 Å². The Kier molecular flexibility index (Phi) is 9.47. The Bertz CT molecular complexity index is 569. The molecular weight excluding hydrogens is 384 g/mol. The van der Waals surface area contributed by atoms with Crippen LogP contribution in [0.2, 0.25) is 0 Å². The maximum Gasteiger partial charge on any atom is 0.319 e. The lowest BCUT2D eigenvalue weighted by atomic mass is 9.62. The average molecular weight is 433 g/mol. The van der Waals surface area contributed by atoms with E-state index in [0.717, 1.165) is 43.4 Å². The molecule has 0 spiro atoms. The van der Waals surface area contributed by atoms with Crippen LogP contribution in [0.3, 0.4) is 0 Å². The van der Waals surface area contributed by atoms with Gasteiger partial charge in [0.25, 0.3) is 0 Å². The van der Waals surface area contributed by atoms with Crippen LogP contribution in [0.25, 0.3) is 0 Å². The Hall–Kier alpha value is -0.860. The third kappa shape index (κ3) is 6.35. The molecule has 3 rings (SSSR count). The lowest BCUT2D eigenvalue weighted by Gasteiger charge is -2.42. The SMILES string of the molecule is CCCCCOC(=O)[C@@]1(C)CC[C@@H](C2CCC(C3CCC(CCC)CC3)CC2)CC1=O. The summed E-state index contributed by atoms with van der Waals surface area (Å²) in [5.74, 6) is 3.96. The molecule has 0 unspecified atom stereocenters. The van der Waals surface area contributed by atoms with Crippen LogP contribution in [-0.4, -0.2) is 18.4 Å². The van der Waals surface area contributed by atoms with Crippen molar-refractivity contribution in [3.63, 3.8) is 0 Å². The normalized spacial score (nSPS) is 36.9. The summed E-state index contributed by atoms with van der Waals surface area (Å²) in [4.78, 5) is 25.6. The van der Waals surface area contributed by atoms with E-state index < -0.39 is 5.41 Å². The van der Waals surface area contributed by atoms with Gasteiger partial charge in [-0.3, -0.25) is 9.59 Å². The monoisotopic (exact) mass is 432 g/mol. The van der Waals surface area contributed by atoms with Crippen LogP contribution in [0.1, 0.15) is 124 Å². The molecule has 3 heteroatoms. The molecule has 0 N–H and O–H groups in total. The van der Waals surface area contributed by atoms with E-state index in [1.807, 2.05) is 6.92 Å². The van der Waals surface area contributed by atoms with Crippen molar-refractivity contribution in [2.24, 2.45) is 35.0 Å². The van der Waals surface area contributed by atoms with Gasteiger partial charge in [0, 0.05) is 6.42 Å². The zero-order chi connectivity index (χ0) is 22.3. The minimum Gasteiger partial charge on any atom is -0.465 e. The maximum absolute atomic E-state index is 13.0. The van der Waals surface area contributed by atoms with Crippen LogP contribution < -0.4 is 0 Å². The molecule has 3 saturated carbocycles. The Morgan fingerprint density at radius 2 is 1.42 bits per heavy atom. The molecule has 0 amide bonds. The Morgan fingerprint density at radius 1 is 0.839 bits per heavy atom. The maximum atomic E-state index is 13.0. The van der Waals surface area contributed by atoms with Crippen LogP contribution in [0.5, 0.6) is 0 Å². The minimum atomic E-state index is -0.892. The highest BCUT2D eigenvalue weighted by Gasteiger charge is 2.47. The number of hydrogen-bond acceptors (Lipinski definition) is 3. The van der Waals surface area contributed by atoms with Gasteiger partial charge in [-0.25, -0.2) is 0 Å².